The monoisotopic (exact) mass is 419 g/mol. The summed E-state index contributed by atoms with van der Waals surface area (Å²) in [5.74, 6) is -0.671. The van der Waals surface area contributed by atoms with Gasteiger partial charge < -0.3 is 4.74 Å². The van der Waals surface area contributed by atoms with Gasteiger partial charge in [-0.05, 0) is 84.6 Å². The Hall–Kier alpha value is -3.14. The highest BCUT2D eigenvalue weighted by Gasteiger charge is 2.12. The van der Waals surface area contributed by atoms with Gasteiger partial charge in [0.25, 0.3) is 0 Å². The molecule has 0 amide bonds. The molecule has 0 N–H and O–H groups in total. The fourth-order valence-corrected chi connectivity index (χ4v) is 3.23. The first kappa shape index (κ1) is 21.6. The average molecular weight is 420 g/mol. The van der Waals surface area contributed by atoms with E-state index in [1.807, 2.05) is 0 Å². The summed E-state index contributed by atoms with van der Waals surface area (Å²) in [6, 6.07) is 19.4. The van der Waals surface area contributed by atoms with Crippen molar-refractivity contribution in [1.82, 2.24) is 0 Å². The molecular formula is C25H22FNO2S. The number of carbonyl (C=O) groups is 1. The van der Waals surface area contributed by atoms with Crippen molar-refractivity contribution < 1.29 is 13.9 Å². The predicted molar refractivity (Wildman–Crippen MR) is 120 cm³/mol. The van der Waals surface area contributed by atoms with Crippen LogP contribution in [0.3, 0.4) is 0 Å². The summed E-state index contributed by atoms with van der Waals surface area (Å²) < 4.78 is 19.8. The smallest absolute Gasteiger partial charge is 0.343 e. The number of carbonyl (C=O) groups excluding carboxylic acids is 1. The molecule has 0 aliphatic carbocycles. The van der Waals surface area contributed by atoms with Crippen LogP contribution in [0.5, 0.6) is 5.75 Å². The van der Waals surface area contributed by atoms with Gasteiger partial charge in [-0.2, -0.15) is 4.99 Å². The molecule has 0 atom stereocenters. The molecule has 0 fully saturated rings. The Bertz CT molecular complexity index is 1060. The maximum absolute atomic E-state index is 14.5. The number of rotatable bonds is 8. The minimum Gasteiger partial charge on any atom is -0.423 e. The van der Waals surface area contributed by atoms with Gasteiger partial charge in [-0.15, -0.1) is 0 Å². The average Bonchev–Trinajstić information content (AvgIpc) is 2.75. The maximum atomic E-state index is 14.5. The van der Waals surface area contributed by atoms with Crippen molar-refractivity contribution in [3.63, 3.8) is 0 Å². The van der Waals surface area contributed by atoms with Crippen molar-refractivity contribution in [2.24, 2.45) is 4.99 Å². The standard InChI is InChI=1S/C25H22FNO2S/c1-2-3-18-4-6-19(7-5-18)8-9-20-10-11-21(16-24(20)26)25(28)29-23-14-12-22(13-15-23)27-17-30/h4-7,10-16H,2-3,8-9H2,1H3. The van der Waals surface area contributed by atoms with Gasteiger partial charge in [0.2, 0.25) is 0 Å². The lowest BCUT2D eigenvalue weighted by molar-refractivity contribution is 0.0734. The number of thiocarbonyl (C=S) groups is 1. The number of isothiocyanates is 1. The topological polar surface area (TPSA) is 38.7 Å². The molecule has 3 aromatic carbocycles. The molecule has 0 spiro atoms. The van der Waals surface area contributed by atoms with Gasteiger partial charge in [0.15, 0.2) is 0 Å². The minimum absolute atomic E-state index is 0.168. The molecule has 0 saturated carbocycles. The van der Waals surface area contributed by atoms with E-state index in [0.29, 0.717) is 23.4 Å². The predicted octanol–water partition coefficient (Wildman–Crippen LogP) is 6.52. The highest BCUT2D eigenvalue weighted by molar-refractivity contribution is 7.78. The van der Waals surface area contributed by atoms with Crippen molar-refractivity contribution >= 4 is 29.0 Å². The Morgan fingerprint density at radius 1 is 0.967 bits per heavy atom. The van der Waals surface area contributed by atoms with Crippen molar-refractivity contribution in [2.75, 3.05) is 0 Å². The summed E-state index contributed by atoms with van der Waals surface area (Å²) in [4.78, 5) is 16.1. The third-order valence-corrected chi connectivity index (χ3v) is 4.85. The van der Waals surface area contributed by atoms with E-state index in [0.717, 1.165) is 19.3 Å². The van der Waals surface area contributed by atoms with E-state index < -0.39 is 11.8 Å². The van der Waals surface area contributed by atoms with Crippen LogP contribution in [0.15, 0.2) is 71.7 Å². The highest BCUT2D eigenvalue weighted by Crippen LogP contribution is 2.20. The summed E-state index contributed by atoms with van der Waals surface area (Å²) in [5, 5.41) is 2.27. The summed E-state index contributed by atoms with van der Waals surface area (Å²) in [5.41, 5.74) is 3.84. The van der Waals surface area contributed by atoms with Crippen LogP contribution in [0.2, 0.25) is 0 Å². The molecule has 0 heterocycles. The number of hydrogen-bond acceptors (Lipinski definition) is 4. The van der Waals surface area contributed by atoms with Crippen molar-refractivity contribution in [3.05, 3.63) is 94.8 Å². The van der Waals surface area contributed by atoms with Crippen LogP contribution in [0.4, 0.5) is 10.1 Å². The molecule has 3 nitrogen and oxygen atoms in total. The first-order chi connectivity index (χ1) is 14.6. The van der Waals surface area contributed by atoms with E-state index in [1.165, 1.54) is 17.2 Å². The Labute approximate surface area is 181 Å². The quantitative estimate of drug-likeness (QED) is 0.181. The van der Waals surface area contributed by atoms with Crippen LogP contribution in [0, 0.1) is 5.82 Å². The second kappa shape index (κ2) is 10.6. The zero-order valence-electron chi connectivity index (χ0n) is 16.7. The molecule has 0 unspecified atom stereocenters. The minimum atomic E-state index is -0.613. The third kappa shape index (κ3) is 5.93. The first-order valence-corrected chi connectivity index (χ1v) is 10.3. The second-order valence-corrected chi connectivity index (χ2v) is 7.14. The molecule has 30 heavy (non-hydrogen) atoms. The molecule has 0 saturated heterocycles. The zero-order valence-corrected chi connectivity index (χ0v) is 17.5. The van der Waals surface area contributed by atoms with Gasteiger partial charge in [0.1, 0.15) is 11.6 Å². The van der Waals surface area contributed by atoms with Crippen LogP contribution < -0.4 is 4.74 Å². The molecule has 0 aliphatic heterocycles. The maximum Gasteiger partial charge on any atom is 0.343 e. The molecule has 152 valence electrons. The fraction of sp³-hybridized carbons (Fsp3) is 0.200. The van der Waals surface area contributed by atoms with Gasteiger partial charge in [-0.1, -0.05) is 43.7 Å². The molecule has 3 rings (SSSR count). The second-order valence-electron chi connectivity index (χ2n) is 6.96. The lowest BCUT2D eigenvalue weighted by Crippen LogP contribution is -2.09. The number of aryl methyl sites for hydroxylation is 3. The van der Waals surface area contributed by atoms with Gasteiger partial charge in [-0.25, -0.2) is 9.18 Å². The summed E-state index contributed by atoms with van der Waals surface area (Å²) in [7, 11) is 0. The van der Waals surface area contributed by atoms with Gasteiger partial charge in [0.05, 0.1) is 16.4 Å². The number of hydrogen-bond donors (Lipinski definition) is 0. The van der Waals surface area contributed by atoms with Crippen LogP contribution in [-0.4, -0.2) is 11.1 Å². The van der Waals surface area contributed by atoms with Crippen molar-refractivity contribution in [1.29, 1.82) is 0 Å². The molecule has 0 bridgehead atoms. The Morgan fingerprint density at radius 3 is 2.23 bits per heavy atom. The van der Waals surface area contributed by atoms with Gasteiger partial charge in [-0.3, -0.25) is 0 Å². The van der Waals surface area contributed by atoms with Crippen LogP contribution in [0.1, 0.15) is 40.4 Å². The van der Waals surface area contributed by atoms with E-state index in [4.69, 9.17) is 4.74 Å². The van der Waals surface area contributed by atoms with Gasteiger partial charge >= 0.3 is 5.97 Å². The van der Waals surface area contributed by atoms with Crippen molar-refractivity contribution in [2.45, 2.75) is 32.6 Å². The Balaban J connectivity index is 1.61. The molecule has 5 heteroatoms. The Kier molecular flexibility index (Phi) is 7.61. The fourth-order valence-electron chi connectivity index (χ4n) is 3.12. The van der Waals surface area contributed by atoms with Gasteiger partial charge in [0, 0.05) is 0 Å². The molecule has 0 aromatic heterocycles. The number of benzene rings is 3. The number of aliphatic imine (C=N–C) groups is 1. The zero-order chi connectivity index (χ0) is 21.3. The lowest BCUT2D eigenvalue weighted by atomic mass is 10.0. The van der Waals surface area contributed by atoms with Crippen molar-refractivity contribution in [3.8, 4) is 5.75 Å². The first-order valence-electron chi connectivity index (χ1n) is 9.85. The molecular weight excluding hydrogens is 397 g/mol. The lowest BCUT2D eigenvalue weighted by Gasteiger charge is -2.08. The Morgan fingerprint density at radius 2 is 1.63 bits per heavy atom. The SMILES string of the molecule is CCCc1ccc(CCc2ccc(C(=O)Oc3ccc(N=C=S)cc3)cc2F)cc1. The van der Waals surface area contributed by atoms with E-state index in [-0.39, 0.29) is 5.56 Å². The van der Waals surface area contributed by atoms with E-state index in [2.05, 4.69) is 53.6 Å². The van der Waals surface area contributed by atoms with E-state index in [9.17, 15) is 9.18 Å². The van der Waals surface area contributed by atoms with Crippen LogP contribution in [0.25, 0.3) is 0 Å². The summed E-state index contributed by atoms with van der Waals surface area (Å²) >= 11 is 4.55. The molecule has 0 aliphatic rings. The van der Waals surface area contributed by atoms with E-state index in [1.54, 1.807) is 36.4 Å². The number of ether oxygens (including phenoxy) is 1. The highest BCUT2D eigenvalue weighted by atomic mass is 32.1. The largest absolute Gasteiger partial charge is 0.423 e. The summed E-state index contributed by atoms with van der Waals surface area (Å²) in [6.07, 6.45) is 3.49. The third-order valence-electron chi connectivity index (χ3n) is 4.76. The number of nitrogens with zero attached hydrogens (tertiary/aromatic N) is 1. The summed E-state index contributed by atoms with van der Waals surface area (Å²) in [6.45, 7) is 2.16. The van der Waals surface area contributed by atoms with E-state index >= 15 is 0 Å². The normalized spacial score (nSPS) is 10.3. The molecule has 0 radical (unpaired) electrons. The van der Waals surface area contributed by atoms with Crippen LogP contribution in [-0.2, 0) is 19.3 Å². The number of halogens is 1. The van der Waals surface area contributed by atoms with Crippen LogP contribution >= 0.6 is 12.2 Å². The molecule has 3 aromatic rings. The number of esters is 1.